The summed E-state index contributed by atoms with van der Waals surface area (Å²) in [5.41, 5.74) is 2.48. The maximum atomic E-state index is 6.47. The average Bonchev–Trinajstić information content (AvgIpc) is 3.02. The van der Waals surface area contributed by atoms with Gasteiger partial charge in [-0.25, -0.2) is 0 Å². The SMILES string of the molecule is CCOc1c(O[Si](CC)(CC)O[SH+]CC)ccc2c1CC=C2. The highest BCUT2D eigenvalue weighted by molar-refractivity contribution is 7.74. The van der Waals surface area contributed by atoms with Gasteiger partial charge in [-0.15, -0.1) is 0 Å². The van der Waals surface area contributed by atoms with Crippen LogP contribution in [-0.4, -0.2) is 20.9 Å². The van der Waals surface area contributed by atoms with Crippen molar-refractivity contribution in [3.63, 3.8) is 0 Å². The molecule has 0 fully saturated rings. The highest BCUT2D eigenvalue weighted by Gasteiger charge is 2.42. The summed E-state index contributed by atoms with van der Waals surface area (Å²) in [6.45, 7) is 9.11. The fourth-order valence-corrected chi connectivity index (χ4v) is 6.59. The van der Waals surface area contributed by atoms with Crippen LogP contribution < -0.4 is 9.16 Å². The van der Waals surface area contributed by atoms with Crippen LogP contribution in [0.15, 0.2) is 18.2 Å². The van der Waals surface area contributed by atoms with Gasteiger partial charge >= 0.3 is 8.56 Å². The van der Waals surface area contributed by atoms with Crippen molar-refractivity contribution < 1.29 is 13.0 Å². The van der Waals surface area contributed by atoms with Crippen LogP contribution in [0.2, 0.25) is 12.1 Å². The molecule has 0 N–H and O–H groups in total. The number of hydrogen-bond donors (Lipinski definition) is 0. The van der Waals surface area contributed by atoms with Crippen LogP contribution in [-0.2, 0) is 22.3 Å². The van der Waals surface area contributed by atoms with Gasteiger partial charge in [-0.05, 0) is 31.9 Å². The topological polar surface area (TPSA) is 27.7 Å². The van der Waals surface area contributed by atoms with Crippen LogP contribution in [0.3, 0.4) is 0 Å². The Morgan fingerprint density at radius 1 is 1.14 bits per heavy atom. The first-order valence-electron chi connectivity index (χ1n) is 8.18. The van der Waals surface area contributed by atoms with Crippen LogP contribution in [0, 0.1) is 0 Å². The van der Waals surface area contributed by atoms with E-state index in [2.05, 4.69) is 39.0 Å². The minimum atomic E-state index is -2.21. The molecule has 0 heterocycles. The summed E-state index contributed by atoms with van der Waals surface area (Å²) in [5.74, 6) is 2.75. The lowest BCUT2D eigenvalue weighted by Gasteiger charge is -2.26. The molecule has 0 aliphatic heterocycles. The van der Waals surface area contributed by atoms with E-state index in [1.165, 1.54) is 11.1 Å². The van der Waals surface area contributed by atoms with E-state index >= 15 is 0 Å². The minimum absolute atomic E-state index is 0.647. The van der Waals surface area contributed by atoms with Crippen LogP contribution in [0.25, 0.3) is 6.08 Å². The van der Waals surface area contributed by atoms with Gasteiger partial charge in [0, 0.05) is 17.7 Å². The van der Waals surface area contributed by atoms with Crippen molar-refractivity contribution >= 4 is 26.7 Å². The van der Waals surface area contributed by atoms with E-state index < -0.39 is 8.56 Å². The van der Waals surface area contributed by atoms with Crippen LogP contribution in [0.1, 0.15) is 38.8 Å². The van der Waals surface area contributed by atoms with Crippen molar-refractivity contribution in [3.8, 4) is 11.5 Å². The second kappa shape index (κ2) is 8.08. The van der Waals surface area contributed by atoms with Crippen LogP contribution in [0.4, 0.5) is 0 Å². The molecule has 1 aliphatic rings. The first kappa shape index (κ1) is 17.4. The zero-order chi connectivity index (χ0) is 16.0. The Labute approximate surface area is 139 Å². The van der Waals surface area contributed by atoms with E-state index in [1.54, 1.807) is 0 Å². The Morgan fingerprint density at radius 2 is 1.91 bits per heavy atom. The Morgan fingerprint density at radius 3 is 2.55 bits per heavy atom. The summed E-state index contributed by atoms with van der Waals surface area (Å²) in [6.07, 6.45) is 5.24. The molecule has 5 heteroatoms. The van der Waals surface area contributed by atoms with E-state index in [0.29, 0.717) is 6.61 Å². The third-order valence-electron chi connectivity index (χ3n) is 3.90. The quantitative estimate of drug-likeness (QED) is 0.382. The summed E-state index contributed by atoms with van der Waals surface area (Å²) in [7, 11) is -2.21. The number of allylic oxidation sites excluding steroid dienone is 1. The van der Waals surface area contributed by atoms with Crippen LogP contribution in [0.5, 0.6) is 11.5 Å². The van der Waals surface area contributed by atoms with E-state index in [9.17, 15) is 0 Å². The average molecular weight is 340 g/mol. The molecule has 0 spiro atoms. The predicted octanol–water partition coefficient (Wildman–Crippen LogP) is 4.28. The number of hydrogen-bond acceptors (Lipinski definition) is 3. The first-order valence-corrected chi connectivity index (χ1v) is 11.4. The maximum absolute atomic E-state index is 6.47. The highest BCUT2D eigenvalue weighted by atomic mass is 32.2. The molecule has 0 saturated heterocycles. The van der Waals surface area contributed by atoms with Gasteiger partial charge in [0.2, 0.25) is 0 Å². The molecule has 22 heavy (non-hydrogen) atoms. The summed E-state index contributed by atoms with van der Waals surface area (Å²) in [5, 5.41) is 0. The van der Waals surface area contributed by atoms with Crippen molar-refractivity contribution in [2.45, 2.75) is 46.2 Å². The molecule has 3 nitrogen and oxygen atoms in total. The third-order valence-corrected chi connectivity index (χ3v) is 8.75. The van der Waals surface area contributed by atoms with E-state index in [-0.39, 0.29) is 0 Å². The fraction of sp³-hybridized carbons (Fsp3) is 0.529. The first-order chi connectivity index (χ1) is 10.7. The molecule has 1 aromatic rings. The van der Waals surface area contributed by atoms with Crippen molar-refractivity contribution in [3.05, 3.63) is 29.3 Å². The van der Waals surface area contributed by atoms with Crippen molar-refractivity contribution in [2.75, 3.05) is 12.4 Å². The third kappa shape index (κ3) is 3.70. The lowest BCUT2D eigenvalue weighted by atomic mass is 10.1. The summed E-state index contributed by atoms with van der Waals surface area (Å²) >= 11 is 1.02. The molecule has 1 aromatic carbocycles. The van der Waals surface area contributed by atoms with E-state index in [4.69, 9.17) is 13.0 Å². The molecule has 1 aliphatic carbocycles. The normalized spacial score (nSPS) is 13.3. The van der Waals surface area contributed by atoms with Gasteiger partial charge < -0.3 is 9.16 Å². The molecule has 0 aromatic heterocycles. The maximum Gasteiger partial charge on any atom is 0.459 e. The van der Waals surface area contributed by atoms with E-state index in [0.717, 1.165) is 47.8 Å². The number of thiol groups is 1. The monoisotopic (exact) mass is 339 g/mol. The van der Waals surface area contributed by atoms with Crippen LogP contribution >= 0.6 is 0 Å². The number of fused-ring (bicyclic) bond motifs is 1. The number of ether oxygens (including phenoxy) is 1. The minimum Gasteiger partial charge on any atom is -0.515 e. The molecule has 0 atom stereocenters. The molecule has 2 rings (SSSR count). The summed E-state index contributed by atoms with van der Waals surface area (Å²) in [4.78, 5) is 0. The standard InChI is InChI=1S/C17H26O3SSi/c1-5-18-17-15-11-9-10-14(15)12-13-16(17)19-22(7-3,8-4)20-21-6-2/h9-10,12-13H,5-8,11H2,1-4H3/p+1. The zero-order valence-corrected chi connectivity index (χ0v) is 15.9. The smallest absolute Gasteiger partial charge is 0.459 e. The van der Waals surface area contributed by atoms with Gasteiger partial charge in [0.05, 0.1) is 6.61 Å². The predicted molar refractivity (Wildman–Crippen MR) is 98.1 cm³/mol. The van der Waals surface area contributed by atoms with E-state index in [1.807, 2.05) is 13.0 Å². The van der Waals surface area contributed by atoms with Gasteiger partial charge in [0.1, 0.15) is 23.5 Å². The number of benzene rings is 1. The Balaban J connectivity index is 2.31. The molecule has 0 bridgehead atoms. The lowest BCUT2D eigenvalue weighted by Crippen LogP contribution is -2.44. The molecular formula is C17H27O3SSi+. The molecule has 122 valence electrons. The zero-order valence-electron chi connectivity index (χ0n) is 14.0. The molecule has 0 unspecified atom stereocenters. The lowest BCUT2D eigenvalue weighted by molar-refractivity contribution is 0.315. The Kier molecular flexibility index (Phi) is 6.41. The van der Waals surface area contributed by atoms with Crippen molar-refractivity contribution in [2.24, 2.45) is 0 Å². The van der Waals surface area contributed by atoms with Crippen molar-refractivity contribution in [1.82, 2.24) is 0 Å². The number of rotatable bonds is 9. The van der Waals surface area contributed by atoms with Gasteiger partial charge in [-0.3, -0.25) is 0 Å². The Hall–Kier alpha value is -0.913. The molecule has 0 radical (unpaired) electrons. The summed E-state index contributed by atoms with van der Waals surface area (Å²) < 4.78 is 18.5. The Bertz CT molecular complexity index is 527. The van der Waals surface area contributed by atoms with Gasteiger partial charge in [-0.2, -0.15) is 3.87 Å². The van der Waals surface area contributed by atoms with Gasteiger partial charge in [0.25, 0.3) is 0 Å². The summed E-state index contributed by atoms with van der Waals surface area (Å²) in [6, 6.07) is 6.05. The largest absolute Gasteiger partial charge is 0.515 e. The van der Waals surface area contributed by atoms with Gasteiger partial charge in [-0.1, -0.05) is 32.1 Å². The second-order valence-electron chi connectivity index (χ2n) is 5.26. The fourth-order valence-electron chi connectivity index (χ4n) is 2.60. The molecule has 0 amide bonds. The second-order valence-corrected chi connectivity index (χ2v) is 10.3. The highest BCUT2D eigenvalue weighted by Crippen LogP contribution is 2.39. The molecule has 0 saturated carbocycles. The van der Waals surface area contributed by atoms with Gasteiger partial charge in [0.15, 0.2) is 5.75 Å². The van der Waals surface area contributed by atoms with Crippen molar-refractivity contribution in [1.29, 1.82) is 0 Å². The molecular weight excluding hydrogens is 312 g/mol.